The monoisotopic (exact) mass is 286 g/mol. The summed E-state index contributed by atoms with van der Waals surface area (Å²) in [5.41, 5.74) is 0.481. The molecule has 1 fully saturated rings. The van der Waals surface area contributed by atoms with Crippen LogP contribution in [0.1, 0.15) is 24.3 Å². The Morgan fingerprint density at radius 2 is 1.95 bits per heavy atom. The van der Waals surface area contributed by atoms with E-state index in [2.05, 4.69) is 20.8 Å². The van der Waals surface area contributed by atoms with Crippen LogP contribution < -0.4 is 10.6 Å². The second kappa shape index (κ2) is 5.65. The maximum atomic E-state index is 12.8. The third-order valence-electron chi connectivity index (χ3n) is 3.96. The highest BCUT2D eigenvalue weighted by Crippen LogP contribution is 2.34. The lowest BCUT2D eigenvalue weighted by Crippen LogP contribution is -2.48. The minimum Gasteiger partial charge on any atom is -0.408 e. The Bertz CT molecular complexity index is 618. The third kappa shape index (κ3) is 2.67. The number of aromatic nitrogens is 2. The number of carbonyl (C=O) groups excluding carboxylic acids is 1. The molecule has 1 aromatic carbocycles. The molecule has 1 aliphatic heterocycles. The molecule has 6 nitrogen and oxygen atoms in total. The van der Waals surface area contributed by atoms with Gasteiger partial charge in [0.2, 0.25) is 11.8 Å². The molecular formula is C15H18N4O2. The van der Waals surface area contributed by atoms with Crippen LogP contribution in [0.25, 0.3) is 0 Å². The van der Waals surface area contributed by atoms with E-state index in [9.17, 15) is 4.79 Å². The minimum absolute atomic E-state index is 0.0844. The number of nitrogens with one attached hydrogen (secondary N) is 2. The maximum Gasteiger partial charge on any atom is 0.322 e. The predicted octanol–water partition coefficient (Wildman–Crippen LogP) is 1.64. The zero-order valence-corrected chi connectivity index (χ0v) is 11.9. The molecule has 6 heteroatoms. The van der Waals surface area contributed by atoms with Gasteiger partial charge in [0, 0.05) is 6.92 Å². The van der Waals surface area contributed by atoms with E-state index in [0.717, 1.165) is 31.5 Å². The second-order valence-corrected chi connectivity index (χ2v) is 5.28. The van der Waals surface area contributed by atoms with Gasteiger partial charge in [0.1, 0.15) is 0 Å². The molecule has 1 aromatic heterocycles. The summed E-state index contributed by atoms with van der Waals surface area (Å²) in [6.45, 7) is 3.32. The second-order valence-electron chi connectivity index (χ2n) is 5.28. The van der Waals surface area contributed by atoms with Crippen LogP contribution in [0.4, 0.5) is 6.01 Å². The number of rotatable bonds is 3. The smallest absolute Gasteiger partial charge is 0.322 e. The summed E-state index contributed by atoms with van der Waals surface area (Å²) in [5, 5.41) is 13.6. The van der Waals surface area contributed by atoms with Gasteiger partial charge in [0.25, 0.3) is 0 Å². The van der Waals surface area contributed by atoms with E-state index in [0.29, 0.717) is 5.89 Å². The van der Waals surface area contributed by atoms with Crippen molar-refractivity contribution in [2.75, 3.05) is 18.4 Å². The average Bonchev–Trinajstić information content (AvgIpc) is 2.94. The highest BCUT2D eigenvalue weighted by molar-refractivity contribution is 5.97. The van der Waals surface area contributed by atoms with Crippen molar-refractivity contribution in [2.24, 2.45) is 0 Å². The predicted molar refractivity (Wildman–Crippen MR) is 77.9 cm³/mol. The number of nitrogens with zero attached hydrogens (tertiary/aromatic N) is 2. The zero-order valence-electron chi connectivity index (χ0n) is 11.9. The number of piperidine rings is 1. The molecule has 0 unspecified atom stereocenters. The van der Waals surface area contributed by atoms with E-state index >= 15 is 0 Å². The van der Waals surface area contributed by atoms with Crippen molar-refractivity contribution >= 4 is 11.9 Å². The van der Waals surface area contributed by atoms with Gasteiger partial charge in [0.05, 0.1) is 5.41 Å². The molecule has 0 spiro atoms. The number of hydrogen-bond acceptors (Lipinski definition) is 5. The van der Waals surface area contributed by atoms with Gasteiger partial charge >= 0.3 is 6.01 Å². The normalized spacial score (nSPS) is 17.4. The Hall–Kier alpha value is -2.21. The van der Waals surface area contributed by atoms with Crippen LogP contribution in [0.15, 0.2) is 34.7 Å². The molecule has 1 aliphatic rings. The summed E-state index contributed by atoms with van der Waals surface area (Å²) in [6.07, 6.45) is 1.49. The van der Waals surface area contributed by atoms with Gasteiger partial charge in [-0.25, -0.2) is 0 Å². The van der Waals surface area contributed by atoms with Gasteiger partial charge in [-0.2, -0.15) is 0 Å². The number of hydrogen-bond donors (Lipinski definition) is 2. The van der Waals surface area contributed by atoms with E-state index in [1.165, 1.54) is 0 Å². The van der Waals surface area contributed by atoms with Crippen molar-refractivity contribution in [3.05, 3.63) is 41.8 Å². The van der Waals surface area contributed by atoms with E-state index in [-0.39, 0.29) is 11.9 Å². The van der Waals surface area contributed by atoms with Gasteiger partial charge in [-0.1, -0.05) is 35.4 Å². The molecule has 0 aliphatic carbocycles. The summed E-state index contributed by atoms with van der Waals surface area (Å²) in [5.74, 6) is 0.350. The van der Waals surface area contributed by atoms with Gasteiger partial charge in [0.15, 0.2) is 0 Å². The first-order valence-corrected chi connectivity index (χ1v) is 7.08. The lowest BCUT2D eigenvalue weighted by Gasteiger charge is -2.36. The summed E-state index contributed by atoms with van der Waals surface area (Å²) in [4.78, 5) is 12.8. The van der Waals surface area contributed by atoms with Crippen molar-refractivity contribution in [3.63, 3.8) is 0 Å². The molecule has 21 heavy (non-hydrogen) atoms. The lowest BCUT2D eigenvalue weighted by molar-refractivity contribution is -0.122. The van der Waals surface area contributed by atoms with E-state index in [4.69, 9.17) is 4.42 Å². The van der Waals surface area contributed by atoms with Gasteiger partial charge in [-0.05, 0) is 31.5 Å². The summed E-state index contributed by atoms with van der Waals surface area (Å²) in [7, 11) is 0. The number of anilines is 1. The molecule has 2 N–H and O–H groups in total. The fourth-order valence-corrected chi connectivity index (χ4v) is 2.82. The SMILES string of the molecule is Cc1nnc(NC(=O)C2(c3ccccc3)CCNCC2)o1. The molecule has 2 heterocycles. The van der Waals surface area contributed by atoms with Gasteiger partial charge in [-0.3, -0.25) is 10.1 Å². The molecular weight excluding hydrogens is 268 g/mol. The quantitative estimate of drug-likeness (QED) is 0.896. The largest absolute Gasteiger partial charge is 0.408 e. The number of benzene rings is 1. The fourth-order valence-electron chi connectivity index (χ4n) is 2.82. The van der Waals surface area contributed by atoms with Gasteiger partial charge in [-0.15, -0.1) is 5.10 Å². The topological polar surface area (TPSA) is 80.0 Å². The first kappa shape index (κ1) is 13.8. The molecule has 1 amide bonds. The highest BCUT2D eigenvalue weighted by Gasteiger charge is 2.41. The Balaban J connectivity index is 1.90. The Morgan fingerprint density at radius 3 is 2.57 bits per heavy atom. The van der Waals surface area contributed by atoms with Crippen molar-refractivity contribution < 1.29 is 9.21 Å². The maximum absolute atomic E-state index is 12.8. The van der Waals surface area contributed by atoms with E-state index < -0.39 is 5.41 Å². The van der Waals surface area contributed by atoms with Crippen LogP contribution in [0.3, 0.4) is 0 Å². The molecule has 0 bridgehead atoms. The number of aryl methyl sites for hydroxylation is 1. The first-order chi connectivity index (χ1) is 10.2. The van der Waals surface area contributed by atoms with Crippen molar-refractivity contribution in [2.45, 2.75) is 25.2 Å². The Labute approximate surface area is 123 Å². The van der Waals surface area contributed by atoms with Gasteiger partial charge < -0.3 is 9.73 Å². The van der Waals surface area contributed by atoms with Crippen LogP contribution in [-0.2, 0) is 10.2 Å². The van der Waals surface area contributed by atoms with E-state index in [1.54, 1.807) is 6.92 Å². The zero-order chi connectivity index (χ0) is 14.7. The summed E-state index contributed by atoms with van der Waals surface area (Å²) < 4.78 is 5.26. The molecule has 2 aromatic rings. The molecule has 110 valence electrons. The lowest BCUT2D eigenvalue weighted by atomic mass is 9.72. The molecule has 0 atom stereocenters. The molecule has 3 rings (SSSR count). The van der Waals surface area contributed by atoms with Crippen molar-refractivity contribution in [1.29, 1.82) is 0 Å². The van der Waals surface area contributed by atoms with Crippen LogP contribution in [0.2, 0.25) is 0 Å². The fraction of sp³-hybridized carbons (Fsp3) is 0.400. The summed E-state index contributed by atoms with van der Waals surface area (Å²) in [6, 6.07) is 10.0. The van der Waals surface area contributed by atoms with Crippen LogP contribution in [0.5, 0.6) is 0 Å². The Kier molecular flexibility index (Phi) is 3.70. The minimum atomic E-state index is -0.547. The van der Waals surface area contributed by atoms with Crippen molar-refractivity contribution in [1.82, 2.24) is 15.5 Å². The van der Waals surface area contributed by atoms with Crippen molar-refractivity contribution in [3.8, 4) is 0 Å². The average molecular weight is 286 g/mol. The standard InChI is InChI=1S/C15H18N4O2/c1-11-18-19-14(21-11)17-13(20)15(7-9-16-10-8-15)12-5-3-2-4-6-12/h2-6,16H,7-10H2,1H3,(H,17,19,20). The third-order valence-corrected chi connectivity index (χ3v) is 3.96. The van der Waals surface area contributed by atoms with Crippen LogP contribution in [0, 0.1) is 6.92 Å². The molecule has 1 saturated heterocycles. The number of amides is 1. The molecule has 0 saturated carbocycles. The first-order valence-electron chi connectivity index (χ1n) is 7.08. The van der Waals surface area contributed by atoms with Crippen LogP contribution >= 0.6 is 0 Å². The van der Waals surface area contributed by atoms with E-state index in [1.807, 2.05) is 30.3 Å². The summed E-state index contributed by atoms with van der Waals surface area (Å²) >= 11 is 0. The highest BCUT2D eigenvalue weighted by atomic mass is 16.4. The Morgan fingerprint density at radius 1 is 1.24 bits per heavy atom. The molecule has 0 radical (unpaired) electrons. The van der Waals surface area contributed by atoms with Crippen LogP contribution in [-0.4, -0.2) is 29.2 Å². The number of carbonyl (C=O) groups is 1.